The van der Waals surface area contributed by atoms with Gasteiger partial charge in [0.05, 0.1) is 6.04 Å². The molecule has 0 radical (unpaired) electrons. The van der Waals surface area contributed by atoms with Crippen molar-refractivity contribution in [2.45, 2.75) is 82.5 Å². The summed E-state index contributed by atoms with van der Waals surface area (Å²) in [6, 6.07) is 0.837. The fourth-order valence-corrected chi connectivity index (χ4v) is 4.85. The molecule has 2 amide bonds. The lowest BCUT2D eigenvalue weighted by Crippen LogP contribution is -2.47. The van der Waals surface area contributed by atoms with Crippen LogP contribution < -0.4 is 21.7 Å². The normalized spacial score (nSPS) is 38.6. The SMILES string of the molecule is CC1CCCC2CC(C(=O)NC3CCC(NC(=O)CCN)C3)NC12. The van der Waals surface area contributed by atoms with Crippen LogP contribution in [0.4, 0.5) is 0 Å². The first-order chi connectivity index (χ1) is 11.6. The Kier molecular flexibility index (Phi) is 5.76. The number of carbonyl (C=O) groups is 2. The van der Waals surface area contributed by atoms with E-state index in [1.807, 2.05) is 0 Å². The van der Waals surface area contributed by atoms with Crippen LogP contribution in [0.15, 0.2) is 0 Å². The average Bonchev–Trinajstić information content (AvgIpc) is 3.15. The maximum absolute atomic E-state index is 12.6. The summed E-state index contributed by atoms with van der Waals surface area (Å²) in [5.74, 6) is 1.51. The van der Waals surface area contributed by atoms with Gasteiger partial charge in [-0.15, -0.1) is 0 Å². The van der Waals surface area contributed by atoms with Gasteiger partial charge in [0, 0.05) is 31.1 Å². The summed E-state index contributed by atoms with van der Waals surface area (Å²) >= 11 is 0. The molecule has 136 valence electrons. The van der Waals surface area contributed by atoms with Crippen LogP contribution in [0.3, 0.4) is 0 Å². The van der Waals surface area contributed by atoms with E-state index < -0.39 is 0 Å². The number of amides is 2. The lowest BCUT2D eigenvalue weighted by atomic mass is 9.78. The second kappa shape index (κ2) is 7.83. The van der Waals surface area contributed by atoms with Crippen LogP contribution in [0.5, 0.6) is 0 Å². The Morgan fingerprint density at radius 2 is 1.83 bits per heavy atom. The van der Waals surface area contributed by atoms with Gasteiger partial charge in [-0.25, -0.2) is 0 Å². The van der Waals surface area contributed by atoms with E-state index in [4.69, 9.17) is 5.73 Å². The van der Waals surface area contributed by atoms with Gasteiger partial charge in [-0.1, -0.05) is 13.3 Å². The molecule has 6 nitrogen and oxygen atoms in total. The third-order valence-electron chi connectivity index (χ3n) is 6.12. The van der Waals surface area contributed by atoms with Crippen LogP contribution in [0.25, 0.3) is 0 Å². The van der Waals surface area contributed by atoms with E-state index >= 15 is 0 Å². The monoisotopic (exact) mass is 336 g/mol. The molecule has 1 saturated heterocycles. The van der Waals surface area contributed by atoms with Crippen LogP contribution >= 0.6 is 0 Å². The zero-order valence-electron chi connectivity index (χ0n) is 14.7. The number of fused-ring (bicyclic) bond motifs is 1. The molecule has 0 aromatic heterocycles. The quantitative estimate of drug-likeness (QED) is 0.593. The van der Waals surface area contributed by atoms with Gasteiger partial charge in [-0.3, -0.25) is 9.59 Å². The number of nitrogens with two attached hydrogens (primary N) is 1. The van der Waals surface area contributed by atoms with E-state index in [-0.39, 0.29) is 29.9 Å². The van der Waals surface area contributed by atoms with E-state index in [1.54, 1.807) is 0 Å². The molecule has 5 N–H and O–H groups in total. The molecule has 24 heavy (non-hydrogen) atoms. The second-order valence-electron chi connectivity index (χ2n) is 7.97. The van der Waals surface area contributed by atoms with Crippen molar-refractivity contribution in [2.75, 3.05) is 6.54 Å². The highest BCUT2D eigenvalue weighted by atomic mass is 16.2. The molecule has 0 spiro atoms. The molecule has 2 saturated carbocycles. The first-order valence-electron chi connectivity index (χ1n) is 9.62. The van der Waals surface area contributed by atoms with Gasteiger partial charge in [0.2, 0.25) is 11.8 Å². The molecule has 2 aliphatic carbocycles. The molecule has 6 unspecified atom stereocenters. The minimum absolute atomic E-state index is 0.0185. The minimum Gasteiger partial charge on any atom is -0.353 e. The van der Waals surface area contributed by atoms with Crippen molar-refractivity contribution in [2.24, 2.45) is 17.6 Å². The van der Waals surface area contributed by atoms with Crippen LogP contribution in [-0.4, -0.2) is 42.5 Å². The summed E-state index contributed by atoms with van der Waals surface area (Å²) in [5, 5.41) is 9.80. The third-order valence-corrected chi connectivity index (χ3v) is 6.12. The number of nitrogens with one attached hydrogen (secondary N) is 3. The Labute approximate surface area is 144 Å². The van der Waals surface area contributed by atoms with Gasteiger partial charge in [0.1, 0.15) is 0 Å². The fraction of sp³-hybridized carbons (Fsp3) is 0.889. The lowest BCUT2D eigenvalue weighted by molar-refractivity contribution is -0.123. The Morgan fingerprint density at radius 1 is 1.08 bits per heavy atom. The zero-order chi connectivity index (χ0) is 17.1. The summed E-state index contributed by atoms with van der Waals surface area (Å²) in [7, 11) is 0. The van der Waals surface area contributed by atoms with Crippen molar-refractivity contribution in [3.63, 3.8) is 0 Å². The van der Waals surface area contributed by atoms with Crippen LogP contribution in [0.2, 0.25) is 0 Å². The van der Waals surface area contributed by atoms with Crippen LogP contribution in [-0.2, 0) is 9.59 Å². The largest absolute Gasteiger partial charge is 0.353 e. The van der Waals surface area contributed by atoms with Gasteiger partial charge >= 0.3 is 0 Å². The summed E-state index contributed by atoms with van der Waals surface area (Å²) in [5.41, 5.74) is 5.40. The fourth-order valence-electron chi connectivity index (χ4n) is 4.85. The van der Waals surface area contributed by atoms with Crippen molar-refractivity contribution in [1.29, 1.82) is 0 Å². The van der Waals surface area contributed by atoms with E-state index in [2.05, 4.69) is 22.9 Å². The molecule has 1 aliphatic heterocycles. The minimum atomic E-state index is -0.0357. The van der Waals surface area contributed by atoms with Crippen LogP contribution in [0.1, 0.15) is 58.3 Å². The van der Waals surface area contributed by atoms with Gasteiger partial charge < -0.3 is 21.7 Å². The van der Waals surface area contributed by atoms with Crippen molar-refractivity contribution < 1.29 is 9.59 Å². The smallest absolute Gasteiger partial charge is 0.237 e. The van der Waals surface area contributed by atoms with E-state index in [0.29, 0.717) is 30.8 Å². The van der Waals surface area contributed by atoms with Crippen molar-refractivity contribution in [1.82, 2.24) is 16.0 Å². The Bertz CT molecular complexity index is 470. The molecule has 1 heterocycles. The first kappa shape index (κ1) is 17.7. The topological polar surface area (TPSA) is 96.2 Å². The molecule has 0 aromatic carbocycles. The summed E-state index contributed by atoms with van der Waals surface area (Å²) in [4.78, 5) is 24.2. The van der Waals surface area contributed by atoms with E-state index in [0.717, 1.165) is 25.7 Å². The number of carbonyl (C=O) groups excluding carboxylic acids is 2. The highest BCUT2D eigenvalue weighted by molar-refractivity contribution is 5.82. The number of hydrogen-bond acceptors (Lipinski definition) is 4. The van der Waals surface area contributed by atoms with Crippen molar-refractivity contribution in [3.05, 3.63) is 0 Å². The molecule has 3 aliphatic rings. The molecule has 0 aromatic rings. The molecular formula is C18H32N4O2. The van der Waals surface area contributed by atoms with E-state index in [9.17, 15) is 9.59 Å². The number of rotatable bonds is 5. The molecular weight excluding hydrogens is 304 g/mol. The number of hydrogen-bond donors (Lipinski definition) is 4. The maximum atomic E-state index is 12.6. The predicted molar refractivity (Wildman–Crippen MR) is 93.2 cm³/mol. The summed E-state index contributed by atoms with van der Waals surface area (Å²) < 4.78 is 0. The van der Waals surface area contributed by atoms with Gasteiger partial charge in [-0.05, 0) is 50.4 Å². The molecule has 3 fully saturated rings. The lowest BCUT2D eigenvalue weighted by Gasteiger charge is -2.31. The Morgan fingerprint density at radius 3 is 2.54 bits per heavy atom. The highest BCUT2D eigenvalue weighted by Gasteiger charge is 2.42. The van der Waals surface area contributed by atoms with Gasteiger partial charge in [0.25, 0.3) is 0 Å². The van der Waals surface area contributed by atoms with Crippen molar-refractivity contribution >= 4 is 11.8 Å². The highest BCUT2D eigenvalue weighted by Crippen LogP contribution is 2.36. The Hall–Kier alpha value is -1.14. The van der Waals surface area contributed by atoms with Crippen molar-refractivity contribution in [3.8, 4) is 0 Å². The summed E-state index contributed by atoms with van der Waals surface area (Å²) in [6.45, 7) is 2.68. The molecule has 6 atom stereocenters. The van der Waals surface area contributed by atoms with Gasteiger partial charge in [0.15, 0.2) is 0 Å². The average molecular weight is 336 g/mol. The predicted octanol–water partition coefficient (Wildman–Crippen LogP) is 0.655. The summed E-state index contributed by atoms with van der Waals surface area (Å²) in [6.07, 6.45) is 7.88. The molecule has 3 rings (SSSR count). The van der Waals surface area contributed by atoms with Crippen LogP contribution in [0, 0.1) is 11.8 Å². The zero-order valence-corrected chi connectivity index (χ0v) is 14.7. The third kappa shape index (κ3) is 4.09. The maximum Gasteiger partial charge on any atom is 0.237 e. The Balaban J connectivity index is 1.44. The molecule has 6 heteroatoms. The second-order valence-corrected chi connectivity index (χ2v) is 7.97. The standard InChI is InChI=1S/C18H32N4O2/c1-11-3-2-4-12-9-15(22-17(11)12)18(24)21-14-6-5-13(10-14)20-16(23)7-8-19/h11-15,17,22H,2-10,19H2,1H3,(H,20,23)(H,21,24). The molecule has 0 bridgehead atoms. The van der Waals surface area contributed by atoms with Gasteiger partial charge in [-0.2, -0.15) is 0 Å². The first-order valence-corrected chi connectivity index (χ1v) is 9.62. The van der Waals surface area contributed by atoms with E-state index in [1.165, 1.54) is 19.3 Å².